The minimum Gasteiger partial charge on any atom is -0.310 e. The van der Waals surface area contributed by atoms with Crippen LogP contribution in [0.1, 0.15) is 44.4 Å². The molecule has 3 atom stereocenters. The van der Waals surface area contributed by atoms with Gasteiger partial charge < -0.3 is 5.32 Å². The minimum atomic E-state index is 0.621. The fourth-order valence-electron chi connectivity index (χ4n) is 3.09. The van der Waals surface area contributed by atoms with Crippen molar-refractivity contribution < 1.29 is 0 Å². The number of rotatable bonds is 6. The van der Waals surface area contributed by atoms with Crippen molar-refractivity contribution in [3.63, 3.8) is 0 Å². The van der Waals surface area contributed by atoms with Crippen molar-refractivity contribution >= 4 is 11.3 Å². The van der Waals surface area contributed by atoms with E-state index < -0.39 is 0 Å². The van der Waals surface area contributed by atoms with E-state index in [1.807, 2.05) is 11.3 Å². The van der Waals surface area contributed by atoms with Gasteiger partial charge in [-0.15, -0.1) is 11.3 Å². The summed E-state index contributed by atoms with van der Waals surface area (Å²) in [5.41, 5.74) is 0. The summed E-state index contributed by atoms with van der Waals surface area (Å²) in [7, 11) is 2.31. The summed E-state index contributed by atoms with van der Waals surface area (Å²) in [5.74, 6) is 0.910. The zero-order valence-corrected chi connectivity index (χ0v) is 13.4. The molecule has 0 saturated heterocycles. The maximum atomic E-state index is 3.59. The summed E-state index contributed by atoms with van der Waals surface area (Å²) < 4.78 is 0. The van der Waals surface area contributed by atoms with Crippen LogP contribution in [0.2, 0.25) is 0 Å². The van der Waals surface area contributed by atoms with E-state index in [1.54, 1.807) is 0 Å². The average Bonchev–Trinajstić information content (AvgIpc) is 2.91. The lowest BCUT2D eigenvalue weighted by Gasteiger charge is -2.37. The first-order valence-corrected chi connectivity index (χ1v) is 8.50. The molecule has 0 aliphatic heterocycles. The van der Waals surface area contributed by atoms with Gasteiger partial charge in [-0.2, -0.15) is 0 Å². The van der Waals surface area contributed by atoms with Crippen LogP contribution in [0.3, 0.4) is 0 Å². The van der Waals surface area contributed by atoms with Crippen LogP contribution in [0.15, 0.2) is 17.5 Å². The van der Waals surface area contributed by atoms with Gasteiger partial charge >= 0.3 is 0 Å². The molecule has 19 heavy (non-hydrogen) atoms. The molecule has 2 nitrogen and oxygen atoms in total. The van der Waals surface area contributed by atoms with E-state index in [2.05, 4.69) is 48.6 Å². The molecule has 2 rings (SSSR count). The summed E-state index contributed by atoms with van der Waals surface area (Å²) in [4.78, 5) is 4.03. The highest BCUT2D eigenvalue weighted by molar-refractivity contribution is 7.09. The molecule has 3 heteroatoms. The lowest BCUT2D eigenvalue weighted by Crippen LogP contribution is -2.45. The first kappa shape index (κ1) is 15.0. The van der Waals surface area contributed by atoms with Gasteiger partial charge in [0.25, 0.3) is 0 Å². The normalized spacial score (nSPS) is 25.7. The molecule has 1 aromatic heterocycles. The van der Waals surface area contributed by atoms with E-state index in [1.165, 1.54) is 30.6 Å². The Hall–Kier alpha value is -0.380. The maximum Gasteiger partial charge on any atom is 0.0300 e. The van der Waals surface area contributed by atoms with E-state index in [0.717, 1.165) is 25.0 Å². The molecule has 0 aromatic carbocycles. The van der Waals surface area contributed by atoms with Crippen molar-refractivity contribution in [1.29, 1.82) is 0 Å². The second kappa shape index (κ2) is 7.41. The van der Waals surface area contributed by atoms with Gasteiger partial charge in [-0.3, -0.25) is 4.90 Å². The third-order valence-electron chi connectivity index (χ3n) is 4.50. The molecule has 1 fully saturated rings. The maximum absolute atomic E-state index is 3.59. The number of thiophene rings is 1. The third kappa shape index (κ3) is 4.59. The van der Waals surface area contributed by atoms with Crippen molar-refractivity contribution in [3.8, 4) is 0 Å². The van der Waals surface area contributed by atoms with Crippen LogP contribution in [-0.2, 0) is 6.54 Å². The Bertz CT molecular complexity index is 350. The molecule has 0 spiro atoms. The highest BCUT2D eigenvalue weighted by Crippen LogP contribution is 2.27. The van der Waals surface area contributed by atoms with E-state index in [4.69, 9.17) is 0 Å². The molecule has 1 N–H and O–H groups in total. The van der Waals surface area contributed by atoms with E-state index in [-0.39, 0.29) is 0 Å². The third-order valence-corrected chi connectivity index (χ3v) is 5.38. The van der Waals surface area contributed by atoms with Gasteiger partial charge in [0, 0.05) is 30.1 Å². The van der Waals surface area contributed by atoms with Gasteiger partial charge in [-0.25, -0.2) is 0 Å². The molecule has 1 aliphatic carbocycles. The Kier molecular flexibility index (Phi) is 5.86. The number of nitrogens with zero attached hydrogens (tertiary/aromatic N) is 1. The van der Waals surface area contributed by atoms with Crippen LogP contribution in [0.4, 0.5) is 0 Å². The zero-order valence-electron chi connectivity index (χ0n) is 12.6. The van der Waals surface area contributed by atoms with Crippen molar-refractivity contribution in [2.75, 3.05) is 13.6 Å². The Morgan fingerprint density at radius 1 is 1.47 bits per heavy atom. The predicted octanol–water partition coefficient (Wildman–Crippen LogP) is 3.74. The summed E-state index contributed by atoms with van der Waals surface area (Å²) in [6, 6.07) is 5.74. The van der Waals surface area contributed by atoms with Crippen molar-refractivity contribution in [2.45, 2.75) is 58.2 Å². The van der Waals surface area contributed by atoms with Crippen LogP contribution < -0.4 is 5.32 Å². The number of hydrogen-bond acceptors (Lipinski definition) is 3. The Morgan fingerprint density at radius 3 is 3.00 bits per heavy atom. The van der Waals surface area contributed by atoms with E-state index in [0.29, 0.717) is 6.04 Å². The SMILES string of the molecule is CC1CCCC(N(C)C(C)CNCc2cccs2)C1. The second-order valence-corrected chi connectivity index (χ2v) is 7.18. The first-order valence-electron chi connectivity index (χ1n) is 7.62. The quantitative estimate of drug-likeness (QED) is 0.854. The molecule has 0 radical (unpaired) electrons. The van der Waals surface area contributed by atoms with Crippen molar-refractivity contribution in [3.05, 3.63) is 22.4 Å². The average molecular weight is 280 g/mol. The van der Waals surface area contributed by atoms with E-state index in [9.17, 15) is 0 Å². The highest BCUT2D eigenvalue weighted by atomic mass is 32.1. The Balaban J connectivity index is 1.71. The predicted molar refractivity (Wildman–Crippen MR) is 84.7 cm³/mol. The van der Waals surface area contributed by atoms with Crippen molar-refractivity contribution in [1.82, 2.24) is 10.2 Å². The summed E-state index contributed by atoms with van der Waals surface area (Å²) in [6.07, 6.45) is 5.60. The van der Waals surface area contributed by atoms with Gasteiger partial charge in [-0.1, -0.05) is 25.8 Å². The monoisotopic (exact) mass is 280 g/mol. The van der Waals surface area contributed by atoms with Crippen LogP contribution in [0, 0.1) is 5.92 Å². The smallest absolute Gasteiger partial charge is 0.0300 e. The van der Waals surface area contributed by atoms with Crippen LogP contribution in [-0.4, -0.2) is 30.6 Å². The first-order chi connectivity index (χ1) is 9.16. The molecule has 1 aliphatic rings. The fraction of sp³-hybridized carbons (Fsp3) is 0.750. The number of nitrogens with one attached hydrogen (secondary N) is 1. The largest absolute Gasteiger partial charge is 0.310 e. The van der Waals surface area contributed by atoms with Gasteiger partial charge in [0.2, 0.25) is 0 Å². The Morgan fingerprint density at radius 2 is 2.32 bits per heavy atom. The topological polar surface area (TPSA) is 15.3 Å². The van der Waals surface area contributed by atoms with Crippen LogP contribution in [0.25, 0.3) is 0 Å². The lowest BCUT2D eigenvalue weighted by atomic mass is 9.86. The fourth-order valence-corrected chi connectivity index (χ4v) is 3.77. The Labute approximate surface area is 122 Å². The van der Waals surface area contributed by atoms with Gasteiger partial charge in [0.05, 0.1) is 0 Å². The number of likely N-dealkylation sites (N-methyl/N-ethyl adjacent to an activating group) is 1. The van der Waals surface area contributed by atoms with Gasteiger partial charge in [0.15, 0.2) is 0 Å². The molecular weight excluding hydrogens is 252 g/mol. The minimum absolute atomic E-state index is 0.621. The molecule has 0 amide bonds. The standard InChI is InChI=1S/C16H28N2S/c1-13-6-4-7-15(10-13)18(3)14(2)11-17-12-16-8-5-9-19-16/h5,8-9,13-15,17H,4,6-7,10-12H2,1-3H3. The van der Waals surface area contributed by atoms with Crippen molar-refractivity contribution in [2.24, 2.45) is 5.92 Å². The summed E-state index contributed by atoms with van der Waals surface area (Å²) in [6.45, 7) is 6.84. The van der Waals surface area contributed by atoms with Crippen LogP contribution in [0.5, 0.6) is 0 Å². The summed E-state index contributed by atoms with van der Waals surface area (Å²) >= 11 is 1.84. The summed E-state index contributed by atoms with van der Waals surface area (Å²) in [5, 5.41) is 5.74. The molecule has 1 saturated carbocycles. The molecule has 1 aromatic rings. The lowest BCUT2D eigenvalue weighted by molar-refractivity contribution is 0.124. The highest BCUT2D eigenvalue weighted by Gasteiger charge is 2.24. The van der Waals surface area contributed by atoms with Gasteiger partial charge in [-0.05, 0) is 44.2 Å². The van der Waals surface area contributed by atoms with E-state index >= 15 is 0 Å². The molecular formula is C16H28N2S. The second-order valence-electron chi connectivity index (χ2n) is 6.15. The molecule has 1 heterocycles. The molecule has 108 valence electrons. The number of hydrogen-bond donors (Lipinski definition) is 1. The zero-order chi connectivity index (χ0) is 13.7. The van der Waals surface area contributed by atoms with Gasteiger partial charge in [0.1, 0.15) is 0 Å². The molecule has 3 unspecified atom stereocenters. The van der Waals surface area contributed by atoms with Crippen LogP contribution >= 0.6 is 11.3 Å². The molecule has 0 bridgehead atoms.